The van der Waals surface area contributed by atoms with Gasteiger partial charge >= 0.3 is 0 Å². The molecule has 3 N–H and O–H groups in total. The highest BCUT2D eigenvalue weighted by Crippen LogP contribution is 2.32. The van der Waals surface area contributed by atoms with Gasteiger partial charge in [0.15, 0.2) is 5.82 Å². The standard InChI is InChI=1S/C12H12N6O2S/c1-6(11-15-17-18-16-11)13-12(20)7-2-3-9-8(4-7)14-10(19)5-21-9/h2-4,6H,5H2,1H3,(H,13,20)(H,14,19)(H,15,16,17,18). The number of anilines is 1. The van der Waals surface area contributed by atoms with E-state index in [9.17, 15) is 9.59 Å². The summed E-state index contributed by atoms with van der Waals surface area (Å²) in [5.41, 5.74) is 1.13. The van der Waals surface area contributed by atoms with Crippen LogP contribution in [0.1, 0.15) is 29.1 Å². The number of H-pyrrole nitrogens is 1. The molecule has 1 aromatic carbocycles. The number of amides is 2. The van der Waals surface area contributed by atoms with E-state index in [2.05, 4.69) is 31.3 Å². The summed E-state index contributed by atoms with van der Waals surface area (Å²) in [6.07, 6.45) is 0. The van der Waals surface area contributed by atoms with Gasteiger partial charge in [-0.2, -0.15) is 5.21 Å². The number of carbonyl (C=O) groups excluding carboxylic acids is 2. The summed E-state index contributed by atoms with van der Waals surface area (Å²) in [4.78, 5) is 24.5. The van der Waals surface area contributed by atoms with Crippen LogP contribution in [0.2, 0.25) is 0 Å². The van der Waals surface area contributed by atoms with Gasteiger partial charge in [-0.1, -0.05) is 5.21 Å². The Morgan fingerprint density at radius 2 is 2.33 bits per heavy atom. The number of hydrogen-bond acceptors (Lipinski definition) is 6. The molecule has 1 atom stereocenters. The van der Waals surface area contributed by atoms with Gasteiger partial charge < -0.3 is 10.6 Å². The van der Waals surface area contributed by atoms with E-state index in [1.807, 2.05) is 6.07 Å². The first kappa shape index (κ1) is 13.6. The number of hydrogen-bond donors (Lipinski definition) is 3. The summed E-state index contributed by atoms with van der Waals surface area (Å²) in [6.45, 7) is 1.76. The van der Waals surface area contributed by atoms with Gasteiger partial charge in [0.05, 0.1) is 17.5 Å². The maximum atomic E-state index is 12.2. The Labute approximate surface area is 124 Å². The fourth-order valence-electron chi connectivity index (χ4n) is 1.92. The first-order valence-corrected chi connectivity index (χ1v) is 7.23. The predicted octanol–water partition coefficient (Wildman–Crippen LogP) is 0.735. The van der Waals surface area contributed by atoms with Crippen molar-refractivity contribution in [2.24, 2.45) is 0 Å². The van der Waals surface area contributed by atoms with Gasteiger partial charge in [-0.3, -0.25) is 9.59 Å². The lowest BCUT2D eigenvalue weighted by Gasteiger charge is -2.17. The van der Waals surface area contributed by atoms with Crippen LogP contribution in [0.3, 0.4) is 0 Å². The van der Waals surface area contributed by atoms with Crippen molar-refractivity contribution in [2.75, 3.05) is 11.1 Å². The quantitative estimate of drug-likeness (QED) is 0.770. The molecular weight excluding hydrogens is 292 g/mol. The third-order valence-corrected chi connectivity index (χ3v) is 4.04. The van der Waals surface area contributed by atoms with Gasteiger partial charge in [0.1, 0.15) is 0 Å². The second-order valence-corrected chi connectivity index (χ2v) is 5.53. The molecule has 0 bridgehead atoms. The molecule has 0 radical (unpaired) electrons. The Morgan fingerprint density at radius 1 is 1.48 bits per heavy atom. The number of nitrogens with one attached hydrogen (secondary N) is 3. The smallest absolute Gasteiger partial charge is 0.251 e. The molecule has 1 aliphatic heterocycles. The second kappa shape index (κ2) is 5.52. The maximum Gasteiger partial charge on any atom is 0.251 e. The minimum absolute atomic E-state index is 0.0646. The molecule has 1 unspecified atom stereocenters. The topological polar surface area (TPSA) is 113 Å². The predicted molar refractivity (Wildman–Crippen MR) is 75.9 cm³/mol. The number of nitrogens with zero attached hydrogens (tertiary/aromatic N) is 3. The van der Waals surface area contributed by atoms with Crippen LogP contribution >= 0.6 is 11.8 Å². The molecule has 108 valence electrons. The summed E-state index contributed by atoms with van der Waals surface area (Å²) in [6, 6.07) is 4.85. The number of aromatic amines is 1. The molecule has 0 spiro atoms. The van der Waals surface area contributed by atoms with Crippen molar-refractivity contribution >= 4 is 29.3 Å². The zero-order valence-electron chi connectivity index (χ0n) is 11.1. The first-order chi connectivity index (χ1) is 10.1. The highest BCUT2D eigenvalue weighted by atomic mass is 32.2. The number of carbonyl (C=O) groups is 2. The van der Waals surface area contributed by atoms with Gasteiger partial charge in [-0.25, -0.2) is 0 Å². The van der Waals surface area contributed by atoms with Crippen LogP contribution < -0.4 is 10.6 Å². The molecule has 0 aliphatic carbocycles. The lowest BCUT2D eigenvalue weighted by Crippen LogP contribution is -2.28. The van der Waals surface area contributed by atoms with Crippen molar-refractivity contribution in [3.05, 3.63) is 29.6 Å². The lowest BCUT2D eigenvalue weighted by atomic mass is 10.1. The SMILES string of the molecule is CC(NC(=O)c1ccc2c(c1)NC(=O)CS2)c1nn[nH]n1. The van der Waals surface area contributed by atoms with Crippen LogP contribution in [0.15, 0.2) is 23.1 Å². The molecule has 2 aromatic rings. The minimum Gasteiger partial charge on any atom is -0.342 e. The van der Waals surface area contributed by atoms with Gasteiger partial charge in [0, 0.05) is 10.5 Å². The molecule has 2 amide bonds. The van der Waals surface area contributed by atoms with Gasteiger partial charge in [0.2, 0.25) is 5.91 Å². The van der Waals surface area contributed by atoms with Crippen LogP contribution in [0.4, 0.5) is 5.69 Å². The minimum atomic E-state index is -0.365. The Bertz CT molecular complexity index is 687. The maximum absolute atomic E-state index is 12.2. The largest absolute Gasteiger partial charge is 0.342 e. The number of aromatic nitrogens is 4. The van der Waals surface area contributed by atoms with Crippen molar-refractivity contribution in [3.8, 4) is 0 Å². The Hall–Kier alpha value is -2.42. The zero-order valence-corrected chi connectivity index (χ0v) is 11.9. The second-order valence-electron chi connectivity index (χ2n) is 4.51. The van der Waals surface area contributed by atoms with Crippen LogP contribution in [-0.4, -0.2) is 38.2 Å². The highest BCUT2D eigenvalue weighted by Gasteiger charge is 2.19. The van der Waals surface area contributed by atoms with Gasteiger partial charge in [-0.05, 0) is 25.1 Å². The van der Waals surface area contributed by atoms with E-state index in [0.29, 0.717) is 22.8 Å². The van der Waals surface area contributed by atoms with E-state index in [0.717, 1.165) is 4.90 Å². The lowest BCUT2D eigenvalue weighted by molar-refractivity contribution is -0.113. The summed E-state index contributed by atoms with van der Waals surface area (Å²) < 4.78 is 0. The van der Waals surface area contributed by atoms with Crippen LogP contribution in [0.5, 0.6) is 0 Å². The number of rotatable bonds is 3. The van der Waals surface area contributed by atoms with Crippen LogP contribution in [-0.2, 0) is 4.79 Å². The van der Waals surface area contributed by atoms with E-state index in [1.165, 1.54) is 11.8 Å². The van der Waals surface area contributed by atoms with Crippen molar-refractivity contribution in [3.63, 3.8) is 0 Å². The van der Waals surface area contributed by atoms with E-state index in [-0.39, 0.29) is 17.9 Å². The van der Waals surface area contributed by atoms with E-state index in [4.69, 9.17) is 0 Å². The van der Waals surface area contributed by atoms with Gasteiger partial charge in [-0.15, -0.1) is 22.0 Å². The molecule has 3 rings (SSSR count). The van der Waals surface area contributed by atoms with E-state index in [1.54, 1.807) is 19.1 Å². The molecule has 8 nitrogen and oxygen atoms in total. The summed E-state index contributed by atoms with van der Waals surface area (Å²) >= 11 is 1.45. The number of benzene rings is 1. The molecule has 21 heavy (non-hydrogen) atoms. The number of fused-ring (bicyclic) bond motifs is 1. The molecule has 9 heteroatoms. The number of tetrazole rings is 1. The molecular formula is C12H12N6O2S. The third-order valence-electron chi connectivity index (χ3n) is 2.97. The summed E-state index contributed by atoms with van der Waals surface area (Å²) in [5.74, 6) is 0.475. The highest BCUT2D eigenvalue weighted by molar-refractivity contribution is 8.00. The van der Waals surface area contributed by atoms with Crippen LogP contribution in [0.25, 0.3) is 0 Å². The van der Waals surface area contributed by atoms with Crippen molar-refractivity contribution in [1.29, 1.82) is 0 Å². The van der Waals surface area contributed by atoms with Crippen molar-refractivity contribution < 1.29 is 9.59 Å². The summed E-state index contributed by atoms with van der Waals surface area (Å²) in [5, 5.41) is 19.0. The monoisotopic (exact) mass is 304 g/mol. The molecule has 0 saturated carbocycles. The Balaban J connectivity index is 1.76. The third kappa shape index (κ3) is 2.87. The molecule has 0 saturated heterocycles. The molecule has 2 heterocycles. The average molecular weight is 304 g/mol. The Morgan fingerprint density at radius 3 is 3.10 bits per heavy atom. The Kier molecular flexibility index (Phi) is 3.57. The normalized spacial score (nSPS) is 15.0. The molecule has 0 fully saturated rings. The average Bonchev–Trinajstić information content (AvgIpc) is 3.00. The zero-order chi connectivity index (χ0) is 14.8. The van der Waals surface area contributed by atoms with E-state index < -0.39 is 0 Å². The number of thioether (sulfide) groups is 1. The van der Waals surface area contributed by atoms with Crippen molar-refractivity contribution in [2.45, 2.75) is 17.9 Å². The van der Waals surface area contributed by atoms with Crippen LogP contribution in [0, 0.1) is 0 Å². The van der Waals surface area contributed by atoms with Crippen molar-refractivity contribution in [1.82, 2.24) is 25.9 Å². The molecule has 1 aliphatic rings. The molecule has 1 aromatic heterocycles. The first-order valence-electron chi connectivity index (χ1n) is 6.24. The fraction of sp³-hybridized carbons (Fsp3) is 0.250. The van der Waals surface area contributed by atoms with E-state index >= 15 is 0 Å². The fourth-order valence-corrected chi connectivity index (χ4v) is 2.71. The summed E-state index contributed by atoms with van der Waals surface area (Å²) in [7, 11) is 0. The van der Waals surface area contributed by atoms with Gasteiger partial charge in [0.25, 0.3) is 5.91 Å².